The molecule has 0 spiro atoms. The molecule has 4 heterocycles. The Bertz CT molecular complexity index is 925. The highest BCUT2D eigenvalue weighted by Crippen LogP contribution is 2.28. The van der Waals surface area contributed by atoms with E-state index in [4.69, 9.17) is 0 Å². The molecule has 0 amide bonds. The van der Waals surface area contributed by atoms with Crippen LogP contribution in [0.1, 0.15) is 18.3 Å². The third-order valence-electron chi connectivity index (χ3n) is 4.64. The lowest BCUT2D eigenvalue weighted by Crippen LogP contribution is -2.52. The molecule has 1 atom stereocenters. The van der Waals surface area contributed by atoms with E-state index in [1.165, 1.54) is 6.07 Å². The van der Waals surface area contributed by atoms with Crippen molar-refractivity contribution in [1.82, 2.24) is 29.7 Å². The standard InChI is InChI=1S/C17H18F3N7/c1-12-10-25(11-13-3-2-6-21-9-13)7-8-26(12)15-5-4-14-22-23-16(17(18,19)20)27(14)24-15/h2-6,9,12H,7-8,10-11H2,1H3/t12-/m1/s1. The summed E-state index contributed by atoms with van der Waals surface area (Å²) in [6.07, 6.45) is -1.01. The number of anilines is 1. The molecule has 27 heavy (non-hydrogen) atoms. The third-order valence-corrected chi connectivity index (χ3v) is 4.64. The van der Waals surface area contributed by atoms with Crippen molar-refractivity contribution in [1.29, 1.82) is 0 Å². The Labute approximate surface area is 153 Å². The molecular formula is C17H18F3N7. The highest BCUT2D eigenvalue weighted by Gasteiger charge is 2.38. The molecule has 1 fully saturated rings. The predicted molar refractivity (Wildman–Crippen MR) is 92.1 cm³/mol. The van der Waals surface area contributed by atoms with Crippen molar-refractivity contribution in [3.8, 4) is 0 Å². The number of alkyl halides is 3. The molecule has 0 unspecified atom stereocenters. The summed E-state index contributed by atoms with van der Waals surface area (Å²) in [4.78, 5) is 8.45. The van der Waals surface area contributed by atoms with E-state index in [1.54, 1.807) is 12.3 Å². The van der Waals surface area contributed by atoms with E-state index in [9.17, 15) is 13.2 Å². The average molecular weight is 377 g/mol. The molecule has 0 N–H and O–H groups in total. The van der Waals surface area contributed by atoms with Crippen LogP contribution in [0.3, 0.4) is 0 Å². The minimum Gasteiger partial charge on any atom is -0.350 e. The maximum absolute atomic E-state index is 13.1. The van der Waals surface area contributed by atoms with Crippen LogP contribution in [-0.2, 0) is 12.7 Å². The Kier molecular flexibility index (Phi) is 4.42. The summed E-state index contributed by atoms with van der Waals surface area (Å²) in [5.41, 5.74) is 1.21. The molecule has 1 aliphatic rings. The minimum atomic E-state index is -4.60. The number of nitrogens with zero attached hydrogens (tertiary/aromatic N) is 7. The summed E-state index contributed by atoms with van der Waals surface area (Å²) in [7, 11) is 0. The van der Waals surface area contributed by atoms with Crippen molar-refractivity contribution < 1.29 is 13.2 Å². The van der Waals surface area contributed by atoms with Gasteiger partial charge in [-0.1, -0.05) is 6.07 Å². The minimum absolute atomic E-state index is 0.0777. The largest absolute Gasteiger partial charge is 0.453 e. The van der Waals surface area contributed by atoms with Gasteiger partial charge in [0.2, 0.25) is 0 Å². The maximum atomic E-state index is 13.1. The van der Waals surface area contributed by atoms with E-state index < -0.39 is 12.0 Å². The van der Waals surface area contributed by atoms with Gasteiger partial charge >= 0.3 is 6.18 Å². The molecule has 0 radical (unpaired) electrons. The lowest BCUT2D eigenvalue weighted by Gasteiger charge is -2.40. The van der Waals surface area contributed by atoms with Crippen molar-refractivity contribution in [3.05, 3.63) is 48.0 Å². The van der Waals surface area contributed by atoms with E-state index in [0.29, 0.717) is 12.4 Å². The molecule has 10 heteroatoms. The summed E-state index contributed by atoms with van der Waals surface area (Å²) < 4.78 is 40.0. The predicted octanol–water partition coefficient (Wildman–Crippen LogP) is 2.25. The number of halogens is 3. The summed E-state index contributed by atoms with van der Waals surface area (Å²) >= 11 is 0. The van der Waals surface area contributed by atoms with E-state index in [-0.39, 0.29) is 11.7 Å². The molecule has 142 valence electrons. The molecule has 7 nitrogen and oxygen atoms in total. The molecule has 3 aromatic rings. The Hall–Kier alpha value is -2.75. The quantitative estimate of drug-likeness (QED) is 0.698. The number of fused-ring (bicyclic) bond motifs is 1. The molecular weight excluding hydrogens is 359 g/mol. The van der Waals surface area contributed by atoms with E-state index in [2.05, 4.69) is 25.2 Å². The maximum Gasteiger partial charge on any atom is 0.453 e. The highest BCUT2D eigenvalue weighted by atomic mass is 19.4. The summed E-state index contributed by atoms with van der Waals surface area (Å²) in [6, 6.07) is 7.25. The average Bonchev–Trinajstić information content (AvgIpc) is 3.06. The van der Waals surface area contributed by atoms with Crippen molar-refractivity contribution in [2.45, 2.75) is 25.7 Å². The van der Waals surface area contributed by atoms with Crippen molar-refractivity contribution in [2.24, 2.45) is 0 Å². The van der Waals surface area contributed by atoms with Gasteiger partial charge in [-0.3, -0.25) is 9.88 Å². The Morgan fingerprint density at radius 2 is 2.00 bits per heavy atom. The van der Waals surface area contributed by atoms with Crippen LogP contribution in [-0.4, -0.2) is 55.4 Å². The zero-order chi connectivity index (χ0) is 19.0. The number of piperazine rings is 1. The molecule has 0 saturated carbocycles. The van der Waals surface area contributed by atoms with E-state index in [0.717, 1.165) is 29.7 Å². The van der Waals surface area contributed by atoms with Crippen LogP contribution in [0.25, 0.3) is 5.65 Å². The summed E-state index contributed by atoms with van der Waals surface area (Å²) in [5, 5.41) is 10.9. The number of rotatable bonds is 3. The Morgan fingerprint density at radius 3 is 2.70 bits per heavy atom. The van der Waals surface area contributed by atoms with Crippen molar-refractivity contribution in [2.75, 3.05) is 24.5 Å². The first-order valence-electron chi connectivity index (χ1n) is 8.59. The molecule has 1 saturated heterocycles. The Balaban J connectivity index is 1.52. The molecule has 4 rings (SSSR count). The number of aromatic nitrogens is 5. The molecule has 1 aliphatic heterocycles. The lowest BCUT2D eigenvalue weighted by atomic mass is 10.1. The second-order valence-electron chi connectivity index (χ2n) is 6.62. The molecule has 0 aromatic carbocycles. The van der Waals surface area contributed by atoms with Crippen LogP contribution >= 0.6 is 0 Å². The smallest absolute Gasteiger partial charge is 0.350 e. The fourth-order valence-electron chi connectivity index (χ4n) is 3.38. The summed E-state index contributed by atoms with van der Waals surface area (Å²) in [5.74, 6) is -0.622. The lowest BCUT2D eigenvalue weighted by molar-refractivity contribution is -0.146. The second-order valence-corrected chi connectivity index (χ2v) is 6.62. The topological polar surface area (TPSA) is 62.5 Å². The van der Waals surface area contributed by atoms with Crippen molar-refractivity contribution >= 4 is 11.5 Å². The van der Waals surface area contributed by atoms with Gasteiger partial charge in [0.25, 0.3) is 5.82 Å². The van der Waals surface area contributed by atoms with Crippen LogP contribution in [0, 0.1) is 0 Å². The van der Waals surface area contributed by atoms with Gasteiger partial charge in [0.1, 0.15) is 5.82 Å². The third kappa shape index (κ3) is 3.57. The second kappa shape index (κ2) is 6.76. The van der Waals surface area contributed by atoms with Gasteiger partial charge in [-0.2, -0.15) is 17.7 Å². The first-order valence-corrected chi connectivity index (χ1v) is 8.59. The van der Waals surface area contributed by atoms with Gasteiger partial charge in [0, 0.05) is 44.6 Å². The van der Waals surface area contributed by atoms with Gasteiger partial charge < -0.3 is 4.90 Å². The van der Waals surface area contributed by atoms with Crippen LogP contribution < -0.4 is 4.90 Å². The zero-order valence-electron chi connectivity index (χ0n) is 14.6. The normalized spacial score (nSPS) is 19.0. The van der Waals surface area contributed by atoms with Crippen LogP contribution in [0.15, 0.2) is 36.7 Å². The van der Waals surface area contributed by atoms with Gasteiger partial charge in [-0.15, -0.1) is 15.3 Å². The van der Waals surface area contributed by atoms with Crippen LogP contribution in [0.5, 0.6) is 0 Å². The SMILES string of the molecule is C[C@@H]1CN(Cc2cccnc2)CCN1c1ccc2nnc(C(F)(F)F)n2n1. The van der Waals surface area contributed by atoms with Crippen molar-refractivity contribution in [3.63, 3.8) is 0 Å². The highest BCUT2D eigenvalue weighted by molar-refractivity contribution is 5.47. The first kappa shape index (κ1) is 17.7. The fraction of sp³-hybridized carbons (Fsp3) is 0.412. The van der Waals surface area contributed by atoms with Crippen LogP contribution in [0.2, 0.25) is 0 Å². The summed E-state index contributed by atoms with van der Waals surface area (Å²) in [6.45, 7) is 5.07. The van der Waals surface area contributed by atoms with Crippen LogP contribution in [0.4, 0.5) is 19.0 Å². The molecule has 3 aromatic heterocycles. The monoisotopic (exact) mass is 377 g/mol. The first-order chi connectivity index (χ1) is 12.9. The zero-order valence-corrected chi connectivity index (χ0v) is 14.6. The number of pyridine rings is 1. The van der Waals surface area contributed by atoms with Gasteiger partial charge in [0.15, 0.2) is 5.65 Å². The van der Waals surface area contributed by atoms with Gasteiger partial charge in [-0.25, -0.2) is 0 Å². The van der Waals surface area contributed by atoms with Gasteiger partial charge in [0.05, 0.1) is 0 Å². The number of hydrogen-bond acceptors (Lipinski definition) is 6. The molecule has 0 bridgehead atoms. The number of hydrogen-bond donors (Lipinski definition) is 0. The molecule has 0 aliphatic carbocycles. The van der Waals surface area contributed by atoms with E-state index >= 15 is 0 Å². The fourth-order valence-corrected chi connectivity index (χ4v) is 3.38. The van der Waals surface area contributed by atoms with E-state index in [1.807, 2.05) is 30.2 Å². The van der Waals surface area contributed by atoms with Gasteiger partial charge in [-0.05, 0) is 30.7 Å². The Morgan fingerprint density at radius 1 is 1.15 bits per heavy atom.